The number of anilines is 1. The van der Waals surface area contributed by atoms with E-state index in [4.69, 9.17) is 16.7 Å². The Bertz CT molecular complexity index is 608. The van der Waals surface area contributed by atoms with Crippen LogP contribution in [0.2, 0.25) is 5.15 Å². The van der Waals surface area contributed by atoms with E-state index in [1.165, 1.54) is 5.69 Å². The highest BCUT2D eigenvalue weighted by molar-refractivity contribution is 6.29. The fourth-order valence-corrected chi connectivity index (χ4v) is 2.55. The zero-order valence-electron chi connectivity index (χ0n) is 12.7. The molecule has 0 atom stereocenters. The minimum Gasteiger partial charge on any atom is -0.396 e. The smallest absolute Gasteiger partial charge is 0.131 e. The minimum absolute atomic E-state index is 0.188. The maximum absolute atomic E-state index is 9.07. The number of hydrogen-bond donors (Lipinski definition) is 2. The normalized spacial score (nSPS) is 11.1. The summed E-state index contributed by atoms with van der Waals surface area (Å²) >= 11 is 6.03. The van der Waals surface area contributed by atoms with Crippen LogP contribution in [-0.2, 0) is 6.54 Å². The van der Waals surface area contributed by atoms with Crippen LogP contribution in [0.3, 0.4) is 0 Å². The summed E-state index contributed by atoms with van der Waals surface area (Å²) in [6.45, 7) is 7.23. The van der Waals surface area contributed by atoms with Gasteiger partial charge in [0.05, 0.1) is 5.69 Å². The Morgan fingerprint density at radius 1 is 1.38 bits per heavy atom. The highest BCUT2D eigenvalue weighted by Crippen LogP contribution is 2.31. The molecule has 2 aromatic heterocycles. The Labute approximate surface area is 130 Å². The molecule has 0 saturated heterocycles. The van der Waals surface area contributed by atoms with Gasteiger partial charge in [-0.05, 0) is 45.4 Å². The Morgan fingerprint density at radius 2 is 2.14 bits per heavy atom. The van der Waals surface area contributed by atoms with Crippen LogP contribution in [0.5, 0.6) is 0 Å². The van der Waals surface area contributed by atoms with Crippen LogP contribution in [0.1, 0.15) is 26.0 Å². The molecule has 0 fully saturated rings. The van der Waals surface area contributed by atoms with Gasteiger partial charge in [-0.1, -0.05) is 11.6 Å². The van der Waals surface area contributed by atoms with Gasteiger partial charge in [-0.25, -0.2) is 4.98 Å². The molecule has 21 heavy (non-hydrogen) atoms. The number of aromatic nitrogens is 2. The van der Waals surface area contributed by atoms with Gasteiger partial charge in [0.2, 0.25) is 0 Å². The van der Waals surface area contributed by atoms with E-state index in [-0.39, 0.29) is 6.61 Å². The van der Waals surface area contributed by atoms with Crippen molar-refractivity contribution in [2.45, 2.75) is 39.8 Å². The number of hydrogen-bond acceptors (Lipinski definition) is 3. The molecule has 0 saturated carbocycles. The molecule has 0 aromatic carbocycles. The number of aryl methyl sites for hydroxylation is 1. The van der Waals surface area contributed by atoms with Gasteiger partial charge in [0.25, 0.3) is 0 Å². The molecule has 4 nitrogen and oxygen atoms in total. The van der Waals surface area contributed by atoms with Crippen LogP contribution in [-0.4, -0.2) is 27.3 Å². The Balaban J connectivity index is 2.46. The van der Waals surface area contributed by atoms with Crippen molar-refractivity contribution in [1.29, 1.82) is 0 Å². The fourth-order valence-electron chi connectivity index (χ4n) is 2.39. The summed E-state index contributed by atoms with van der Waals surface area (Å²) in [5.74, 6) is 0. The van der Waals surface area contributed by atoms with Crippen molar-refractivity contribution in [3.05, 3.63) is 35.2 Å². The van der Waals surface area contributed by atoms with Gasteiger partial charge in [0, 0.05) is 42.3 Å². The van der Waals surface area contributed by atoms with Gasteiger partial charge in [-0.2, -0.15) is 0 Å². The molecule has 0 aliphatic rings. The van der Waals surface area contributed by atoms with Gasteiger partial charge in [0.1, 0.15) is 5.15 Å². The van der Waals surface area contributed by atoms with E-state index >= 15 is 0 Å². The first-order valence-corrected chi connectivity index (χ1v) is 7.60. The lowest BCUT2D eigenvalue weighted by molar-refractivity contribution is 0.280. The van der Waals surface area contributed by atoms with Crippen molar-refractivity contribution in [3.8, 4) is 11.3 Å². The molecule has 0 bridgehead atoms. The van der Waals surface area contributed by atoms with E-state index in [0.29, 0.717) is 11.2 Å². The van der Waals surface area contributed by atoms with E-state index in [2.05, 4.69) is 47.8 Å². The molecule has 2 aromatic rings. The van der Waals surface area contributed by atoms with Crippen molar-refractivity contribution >= 4 is 17.3 Å². The quantitative estimate of drug-likeness (QED) is 0.800. The van der Waals surface area contributed by atoms with Crippen LogP contribution in [0.25, 0.3) is 11.3 Å². The third-order valence-corrected chi connectivity index (χ3v) is 3.54. The molecule has 0 aliphatic heterocycles. The molecule has 0 amide bonds. The number of nitrogens with zero attached hydrogens (tertiary/aromatic N) is 2. The molecule has 5 heteroatoms. The molecule has 0 aliphatic carbocycles. The minimum atomic E-state index is 0.188. The lowest BCUT2D eigenvalue weighted by Gasteiger charge is -2.17. The van der Waals surface area contributed by atoms with Gasteiger partial charge < -0.3 is 15.0 Å². The first-order valence-electron chi connectivity index (χ1n) is 7.22. The average Bonchev–Trinajstić information content (AvgIpc) is 2.77. The number of pyridine rings is 1. The van der Waals surface area contributed by atoms with Crippen molar-refractivity contribution < 1.29 is 5.11 Å². The lowest BCUT2D eigenvalue weighted by Crippen LogP contribution is -2.12. The Morgan fingerprint density at radius 3 is 2.81 bits per heavy atom. The third-order valence-electron chi connectivity index (χ3n) is 3.33. The van der Waals surface area contributed by atoms with Crippen molar-refractivity contribution in [3.63, 3.8) is 0 Å². The molecule has 114 valence electrons. The first kappa shape index (κ1) is 15.9. The topological polar surface area (TPSA) is 50.1 Å². The summed E-state index contributed by atoms with van der Waals surface area (Å²) in [7, 11) is 0. The Kier molecular flexibility index (Phi) is 5.26. The molecule has 2 N–H and O–H groups in total. The largest absolute Gasteiger partial charge is 0.396 e. The Hall–Kier alpha value is -1.52. The standard InChI is InChI=1S/C16H22ClN3O/c1-11(2)19-14-9-16(17)18-10-13(14)15-6-5-12(3)20(15)7-4-8-21/h5-6,9-11,21H,4,7-8H2,1-3H3,(H,18,19). The second-order valence-corrected chi connectivity index (χ2v) is 5.83. The van der Waals surface area contributed by atoms with E-state index in [0.717, 1.165) is 29.9 Å². The number of nitrogens with one attached hydrogen (secondary N) is 1. The highest BCUT2D eigenvalue weighted by atomic mass is 35.5. The zero-order chi connectivity index (χ0) is 15.4. The summed E-state index contributed by atoms with van der Waals surface area (Å²) in [6, 6.07) is 6.34. The summed E-state index contributed by atoms with van der Waals surface area (Å²) in [5.41, 5.74) is 4.27. The van der Waals surface area contributed by atoms with Crippen molar-refractivity contribution in [2.75, 3.05) is 11.9 Å². The van der Waals surface area contributed by atoms with Crippen LogP contribution >= 0.6 is 11.6 Å². The number of rotatable bonds is 6. The third kappa shape index (κ3) is 3.77. The van der Waals surface area contributed by atoms with E-state index < -0.39 is 0 Å². The maximum Gasteiger partial charge on any atom is 0.131 e. The second-order valence-electron chi connectivity index (χ2n) is 5.44. The average molecular weight is 308 g/mol. The molecule has 2 rings (SSSR count). The zero-order valence-corrected chi connectivity index (χ0v) is 13.5. The molecular weight excluding hydrogens is 286 g/mol. The maximum atomic E-state index is 9.07. The second kappa shape index (κ2) is 6.96. The predicted molar refractivity (Wildman–Crippen MR) is 87.9 cm³/mol. The number of aliphatic hydroxyl groups is 1. The predicted octanol–water partition coefficient (Wildman–Crippen LogP) is 3.71. The fraction of sp³-hybridized carbons (Fsp3) is 0.438. The van der Waals surface area contributed by atoms with Crippen molar-refractivity contribution in [2.24, 2.45) is 0 Å². The lowest BCUT2D eigenvalue weighted by atomic mass is 10.1. The highest BCUT2D eigenvalue weighted by Gasteiger charge is 2.13. The molecule has 0 radical (unpaired) electrons. The summed E-state index contributed by atoms with van der Waals surface area (Å²) in [5, 5.41) is 13.0. The van der Waals surface area contributed by atoms with Crippen molar-refractivity contribution in [1.82, 2.24) is 9.55 Å². The number of halogens is 1. The van der Waals surface area contributed by atoms with Gasteiger partial charge in [-0.3, -0.25) is 0 Å². The van der Waals surface area contributed by atoms with E-state index in [1.54, 1.807) is 6.20 Å². The molecule has 0 unspecified atom stereocenters. The van der Waals surface area contributed by atoms with Crippen LogP contribution in [0, 0.1) is 6.92 Å². The van der Waals surface area contributed by atoms with E-state index in [9.17, 15) is 0 Å². The number of aliphatic hydroxyl groups excluding tert-OH is 1. The van der Waals surface area contributed by atoms with Crippen LogP contribution < -0.4 is 5.32 Å². The molecule has 0 spiro atoms. The SMILES string of the molecule is Cc1ccc(-c2cnc(Cl)cc2NC(C)C)n1CCCO. The van der Waals surface area contributed by atoms with Crippen LogP contribution in [0.15, 0.2) is 24.4 Å². The summed E-state index contributed by atoms with van der Waals surface area (Å²) in [4.78, 5) is 4.22. The van der Waals surface area contributed by atoms with E-state index in [1.807, 2.05) is 6.07 Å². The van der Waals surface area contributed by atoms with Gasteiger partial charge in [0.15, 0.2) is 0 Å². The van der Waals surface area contributed by atoms with Gasteiger partial charge in [-0.15, -0.1) is 0 Å². The monoisotopic (exact) mass is 307 g/mol. The van der Waals surface area contributed by atoms with Crippen LogP contribution in [0.4, 0.5) is 5.69 Å². The summed E-state index contributed by atoms with van der Waals surface area (Å²) < 4.78 is 2.20. The summed E-state index contributed by atoms with van der Waals surface area (Å²) in [6.07, 6.45) is 2.54. The van der Waals surface area contributed by atoms with Gasteiger partial charge >= 0.3 is 0 Å². The first-order chi connectivity index (χ1) is 10.0. The molecular formula is C16H22ClN3O. The molecule has 2 heterocycles.